The van der Waals surface area contributed by atoms with Crippen LogP contribution in [-0.4, -0.2) is 55.0 Å². The molecule has 4 aliphatic rings. The molecule has 4 aliphatic carbocycles. The summed E-state index contributed by atoms with van der Waals surface area (Å²) in [6.07, 6.45) is 6.99. The van der Waals surface area contributed by atoms with Crippen LogP contribution >= 0.6 is 0 Å². The fourth-order valence-corrected chi connectivity index (χ4v) is 10.8. The minimum Gasteiger partial charge on any atom is -0.461 e. The quantitative estimate of drug-likeness (QED) is 0.215. The van der Waals surface area contributed by atoms with Gasteiger partial charge in [-0.15, -0.1) is 0 Å². The van der Waals surface area contributed by atoms with Crippen molar-refractivity contribution in [2.75, 3.05) is 20.2 Å². The number of furan rings is 1. The van der Waals surface area contributed by atoms with Crippen molar-refractivity contribution >= 4 is 45.5 Å². The average Bonchev–Trinajstić information content (AvgIpc) is 3.58. The number of alkyl carbamates (subject to hydrolysis) is 1. The molecule has 12 nitrogen and oxygen atoms in total. The van der Waals surface area contributed by atoms with Crippen LogP contribution in [0, 0.1) is 61.2 Å². The van der Waals surface area contributed by atoms with E-state index in [1.807, 2.05) is 32.9 Å². The molecule has 3 fully saturated rings. The fraction of sp³-hybridized carbons (Fsp3) is 0.548. The van der Waals surface area contributed by atoms with E-state index in [9.17, 15) is 29.1 Å². The molecule has 7 unspecified atom stereocenters. The van der Waals surface area contributed by atoms with Crippen LogP contribution in [0.15, 0.2) is 49.6 Å². The van der Waals surface area contributed by atoms with Gasteiger partial charge < -0.3 is 35.0 Å². The van der Waals surface area contributed by atoms with Crippen LogP contribution < -0.4 is 22.0 Å². The molecule has 5 N–H and O–H groups in total. The number of aliphatic hydroxyl groups excluding tert-OH is 1. The van der Waals surface area contributed by atoms with Gasteiger partial charge in [0, 0.05) is 64.7 Å². The molecule has 7 rings (SSSR count). The first-order chi connectivity index (χ1) is 25.6. The Balaban J connectivity index is 0.00000245. The zero-order valence-electron chi connectivity index (χ0n) is 32.3. The molecule has 3 saturated carbocycles. The Morgan fingerprint density at radius 1 is 1.04 bits per heavy atom. The summed E-state index contributed by atoms with van der Waals surface area (Å²) in [5.41, 5.74) is 7.75. The Labute approximate surface area is 314 Å². The molecule has 8 atom stereocenters. The SMILES string of the molecule is CN.Cc1oc2c(C)c3oc(=O)cc(C)c3cc2c1CNC(=O)CCNC(=O)OCC(=O)C1[C@H](C)CC2C3CCC4=CC(=O)C=CC4(C)C3C(O)CC21C. The smallest absolute Gasteiger partial charge is 0.407 e. The Morgan fingerprint density at radius 3 is 2.50 bits per heavy atom. The minimum atomic E-state index is -0.767. The molecule has 290 valence electrons. The topological polar surface area (TPSA) is 191 Å². The molecule has 0 aliphatic heterocycles. The highest BCUT2D eigenvalue weighted by Gasteiger charge is 2.64. The second-order valence-corrected chi connectivity index (χ2v) is 16.1. The Kier molecular flexibility index (Phi) is 10.8. The van der Waals surface area contributed by atoms with E-state index in [2.05, 4.69) is 37.1 Å². The molecule has 54 heavy (non-hydrogen) atoms. The summed E-state index contributed by atoms with van der Waals surface area (Å²) in [5, 5.41) is 18.7. The molecule has 0 radical (unpaired) electrons. The van der Waals surface area contributed by atoms with Crippen molar-refractivity contribution < 1.29 is 37.9 Å². The first kappa shape index (κ1) is 39.2. The number of hydrogen-bond donors (Lipinski definition) is 4. The summed E-state index contributed by atoms with van der Waals surface area (Å²) in [6.45, 7) is 11.7. The second kappa shape index (κ2) is 14.9. The Bertz CT molecular complexity index is 2130. The van der Waals surface area contributed by atoms with E-state index in [-0.39, 0.29) is 78.6 Å². The summed E-state index contributed by atoms with van der Waals surface area (Å²) in [6, 6.07) is 3.36. The van der Waals surface area contributed by atoms with Crippen LogP contribution in [-0.2, 0) is 25.7 Å². The lowest BCUT2D eigenvalue weighted by atomic mass is 9.46. The first-order valence-electron chi connectivity index (χ1n) is 19.0. The number of carbonyl (C=O) groups is 4. The predicted molar refractivity (Wildman–Crippen MR) is 203 cm³/mol. The van der Waals surface area contributed by atoms with Gasteiger partial charge >= 0.3 is 11.7 Å². The van der Waals surface area contributed by atoms with Crippen LogP contribution in [0.1, 0.15) is 75.3 Å². The normalized spacial score (nSPS) is 29.7. The van der Waals surface area contributed by atoms with Gasteiger partial charge in [0.1, 0.15) is 16.9 Å². The summed E-state index contributed by atoms with van der Waals surface area (Å²) < 4.78 is 16.8. The lowest BCUT2D eigenvalue weighted by Crippen LogP contribution is -2.56. The van der Waals surface area contributed by atoms with Crippen LogP contribution in [0.3, 0.4) is 0 Å². The largest absolute Gasteiger partial charge is 0.461 e. The number of allylic oxidation sites excluding steroid dienone is 4. The van der Waals surface area contributed by atoms with Crippen LogP contribution in [0.25, 0.3) is 21.9 Å². The molecule has 12 heteroatoms. The molecule has 3 aromatic rings. The minimum absolute atomic E-state index is 0.00181. The number of nitrogens with one attached hydrogen (secondary N) is 2. The summed E-state index contributed by atoms with van der Waals surface area (Å²) in [4.78, 5) is 63.1. The Morgan fingerprint density at radius 2 is 1.76 bits per heavy atom. The first-order valence-corrected chi connectivity index (χ1v) is 19.0. The van der Waals surface area contributed by atoms with Crippen molar-refractivity contribution in [1.82, 2.24) is 10.6 Å². The van der Waals surface area contributed by atoms with Gasteiger partial charge in [-0.2, -0.15) is 0 Å². The number of ketones is 2. The molecule has 2 amide bonds. The van der Waals surface area contributed by atoms with Crippen LogP contribution in [0.2, 0.25) is 0 Å². The number of amides is 2. The van der Waals surface area contributed by atoms with Crippen molar-refractivity contribution in [1.29, 1.82) is 0 Å². The molecule has 0 bridgehead atoms. The number of rotatable bonds is 8. The van der Waals surface area contributed by atoms with E-state index >= 15 is 0 Å². The number of aliphatic hydroxyl groups is 1. The maximum atomic E-state index is 13.7. The van der Waals surface area contributed by atoms with E-state index in [0.29, 0.717) is 28.9 Å². The highest BCUT2D eigenvalue weighted by molar-refractivity contribution is 6.01. The second-order valence-electron chi connectivity index (χ2n) is 16.1. The van der Waals surface area contributed by atoms with Gasteiger partial charge in [-0.3, -0.25) is 14.4 Å². The molecule has 0 saturated heterocycles. The maximum Gasteiger partial charge on any atom is 0.407 e. The van der Waals surface area contributed by atoms with Gasteiger partial charge in [0.05, 0.1) is 6.10 Å². The van der Waals surface area contributed by atoms with Crippen LogP contribution in [0.4, 0.5) is 4.79 Å². The lowest BCUT2D eigenvalue weighted by Gasteiger charge is -2.58. The lowest BCUT2D eigenvalue weighted by molar-refractivity contribution is -0.142. The zero-order valence-corrected chi connectivity index (χ0v) is 32.3. The molecule has 2 aromatic heterocycles. The van der Waals surface area contributed by atoms with E-state index in [4.69, 9.17) is 13.6 Å². The van der Waals surface area contributed by atoms with Gasteiger partial charge in [-0.1, -0.05) is 32.4 Å². The third-order valence-electron chi connectivity index (χ3n) is 13.0. The third-order valence-corrected chi connectivity index (χ3v) is 13.0. The van der Waals surface area contributed by atoms with Crippen molar-refractivity contribution in [3.63, 3.8) is 0 Å². The van der Waals surface area contributed by atoms with Gasteiger partial charge in [-0.05, 0) is 100 Å². The molecule has 0 spiro atoms. The molecule has 2 heterocycles. The molecular weight excluding hydrogens is 690 g/mol. The van der Waals surface area contributed by atoms with E-state index in [0.717, 1.165) is 46.7 Å². The van der Waals surface area contributed by atoms with E-state index in [1.54, 1.807) is 12.2 Å². The van der Waals surface area contributed by atoms with Gasteiger partial charge in [-0.25, -0.2) is 9.59 Å². The monoisotopic (exact) mass is 743 g/mol. The summed E-state index contributed by atoms with van der Waals surface area (Å²) >= 11 is 0. The van der Waals surface area contributed by atoms with E-state index in [1.165, 1.54) is 13.1 Å². The van der Waals surface area contributed by atoms with Crippen LogP contribution in [0.5, 0.6) is 0 Å². The number of fused-ring (bicyclic) bond motifs is 7. The van der Waals surface area contributed by atoms with Gasteiger partial charge in [0.25, 0.3) is 0 Å². The fourth-order valence-electron chi connectivity index (χ4n) is 10.8. The Hall–Kier alpha value is -4.55. The number of Topliss-reactive ketones (excluding diaryl/α,β-unsaturated/α-hetero) is 1. The third kappa shape index (κ3) is 6.72. The highest BCUT2D eigenvalue weighted by Crippen LogP contribution is 2.67. The highest BCUT2D eigenvalue weighted by atomic mass is 16.6. The number of ether oxygens (including phenoxy) is 1. The molecule has 1 aromatic carbocycles. The predicted octanol–water partition coefficient (Wildman–Crippen LogP) is 5.48. The van der Waals surface area contributed by atoms with Crippen molar-refractivity contribution in [2.45, 2.75) is 86.3 Å². The summed E-state index contributed by atoms with van der Waals surface area (Å²) in [5.74, 6) is 0.361. The van der Waals surface area contributed by atoms with E-state index < -0.39 is 23.2 Å². The number of nitrogens with two attached hydrogens (primary N) is 1. The number of hydrogen-bond acceptors (Lipinski definition) is 10. The van der Waals surface area contributed by atoms with Crippen molar-refractivity contribution in [3.8, 4) is 0 Å². The van der Waals surface area contributed by atoms with Gasteiger partial charge in [0.15, 0.2) is 18.2 Å². The molecular formula is C42H53N3O9. The number of aryl methyl sites for hydroxylation is 3. The van der Waals surface area contributed by atoms with Crippen molar-refractivity contribution in [2.24, 2.45) is 46.2 Å². The number of benzene rings is 1. The standard InChI is InChI=1S/C41H48N2O9.CH5N/c1-20-14-34(48)52-37-22(3)38-28(16-27(20)37)29(23(4)51-38)18-43-33(47)10-12-42-39(49)50-19-32(46)35-21(2)13-30-26-8-7-24-15-25(44)9-11-40(24,5)36(26)31(45)17-41(30,35)6;1-2/h9,11,14-16,21,26,30-31,35-36,45H,7-8,10,12-13,17-19H2,1-6H3,(H,42,49)(H,43,47);2H2,1H3/t21-,26?,30?,31?,35?,36?,40?,41?;/m1./s1. The number of carbonyl (C=O) groups excluding carboxylic acids is 4. The van der Waals surface area contributed by atoms with Crippen molar-refractivity contribution in [3.05, 3.63) is 68.8 Å². The average molecular weight is 744 g/mol. The van der Waals surface area contributed by atoms with Gasteiger partial charge in [0.2, 0.25) is 5.91 Å². The maximum absolute atomic E-state index is 13.7. The summed E-state index contributed by atoms with van der Waals surface area (Å²) in [7, 11) is 1.50. The zero-order chi connectivity index (χ0) is 39.3.